The van der Waals surface area contributed by atoms with Crippen LogP contribution in [0.4, 0.5) is 13.2 Å². The minimum absolute atomic E-state index is 0. The standard InChI is InChI=1S/C21H29F3N4O.HI/c1-25-19(28-8-5-18(14-28)27-9-11-29-12-10-27)26-15-20(6-7-20)16-3-2-4-17(13-16)21(22,23)24;/h2-4,13,18H,5-12,14-15H2,1H3,(H,25,26);1H. The molecule has 0 bridgehead atoms. The first-order chi connectivity index (χ1) is 13.9. The third-order valence-electron chi connectivity index (χ3n) is 6.48. The van der Waals surface area contributed by atoms with Crippen molar-refractivity contribution in [2.24, 2.45) is 4.99 Å². The van der Waals surface area contributed by atoms with Crippen LogP contribution < -0.4 is 5.32 Å². The summed E-state index contributed by atoms with van der Waals surface area (Å²) in [5, 5.41) is 3.45. The Labute approximate surface area is 193 Å². The molecule has 2 saturated heterocycles. The van der Waals surface area contributed by atoms with Crippen LogP contribution in [-0.4, -0.2) is 74.8 Å². The number of rotatable bonds is 4. The average Bonchev–Trinajstić information content (AvgIpc) is 3.36. The molecule has 1 aromatic carbocycles. The van der Waals surface area contributed by atoms with E-state index in [4.69, 9.17) is 4.74 Å². The Hall–Kier alpha value is -1.07. The fraction of sp³-hybridized carbons (Fsp3) is 0.667. The minimum atomic E-state index is -4.31. The van der Waals surface area contributed by atoms with Crippen LogP contribution in [-0.2, 0) is 16.3 Å². The molecule has 1 saturated carbocycles. The number of benzene rings is 1. The van der Waals surface area contributed by atoms with Crippen LogP contribution >= 0.6 is 24.0 Å². The van der Waals surface area contributed by atoms with Gasteiger partial charge in [0.25, 0.3) is 0 Å². The van der Waals surface area contributed by atoms with Crippen LogP contribution in [0.1, 0.15) is 30.4 Å². The van der Waals surface area contributed by atoms with Crippen molar-refractivity contribution in [1.29, 1.82) is 0 Å². The van der Waals surface area contributed by atoms with Gasteiger partial charge in [-0.3, -0.25) is 9.89 Å². The lowest BCUT2D eigenvalue weighted by Gasteiger charge is -2.32. The summed E-state index contributed by atoms with van der Waals surface area (Å²) in [7, 11) is 1.77. The molecule has 1 unspecified atom stereocenters. The molecule has 3 fully saturated rings. The molecule has 0 amide bonds. The van der Waals surface area contributed by atoms with Gasteiger partial charge in [-0.25, -0.2) is 0 Å². The van der Waals surface area contributed by atoms with Crippen LogP contribution in [0.2, 0.25) is 0 Å². The Morgan fingerprint density at radius 1 is 1.23 bits per heavy atom. The number of morpholine rings is 1. The fourth-order valence-corrected chi connectivity index (χ4v) is 4.50. The monoisotopic (exact) mass is 538 g/mol. The maximum absolute atomic E-state index is 13.1. The van der Waals surface area contributed by atoms with Gasteiger partial charge in [0.1, 0.15) is 0 Å². The lowest BCUT2D eigenvalue weighted by Crippen LogP contribution is -2.47. The van der Waals surface area contributed by atoms with Crippen molar-refractivity contribution in [1.82, 2.24) is 15.1 Å². The predicted octanol–water partition coefficient (Wildman–Crippen LogP) is 3.34. The summed E-state index contributed by atoms with van der Waals surface area (Å²) in [4.78, 5) is 9.19. The lowest BCUT2D eigenvalue weighted by atomic mass is 9.94. The maximum Gasteiger partial charge on any atom is 0.416 e. The van der Waals surface area contributed by atoms with E-state index in [2.05, 4.69) is 20.1 Å². The number of aliphatic imine (C=N–C) groups is 1. The van der Waals surface area contributed by atoms with Crippen molar-refractivity contribution in [3.63, 3.8) is 0 Å². The molecule has 168 valence electrons. The minimum Gasteiger partial charge on any atom is -0.379 e. The number of nitrogens with zero attached hydrogens (tertiary/aromatic N) is 3. The van der Waals surface area contributed by atoms with E-state index in [9.17, 15) is 13.2 Å². The molecule has 0 spiro atoms. The van der Waals surface area contributed by atoms with E-state index >= 15 is 0 Å². The van der Waals surface area contributed by atoms with Crippen molar-refractivity contribution in [2.45, 2.75) is 36.9 Å². The van der Waals surface area contributed by atoms with E-state index < -0.39 is 11.7 Å². The van der Waals surface area contributed by atoms with Gasteiger partial charge >= 0.3 is 6.18 Å². The molecule has 30 heavy (non-hydrogen) atoms. The Balaban J connectivity index is 0.00000256. The molecule has 1 atom stereocenters. The summed E-state index contributed by atoms with van der Waals surface area (Å²) in [5.74, 6) is 0.846. The smallest absolute Gasteiger partial charge is 0.379 e. The van der Waals surface area contributed by atoms with Gasteiger partial charge in [-0.05, 0) is 30.9 Å². The highest BCUT2D eigenvalue weighted by Crippen LogP contribution is 2.48. The number of ether oxygens (including phenoxy) is 1. The molecular weight excluding hydrogens is 508 g/mol. The van der Waals surface area contributed by atoms with Gasteiger partial charge in [-0.15, -0.1) is 24.0 Å². The van der Waals surface area contributed by atoms with Crippen molar-refractivity contribution in [3.05, 3.63) is 35.4 Å². The second-order valence-electron chi connectivity index (χ2n) is 8.30. The topological polar surface area (TPSA) is 40.1 Å². The maximum atomic E-state index is 13.1. The average molecular weight is 538 g/mol. The summed E-state index contributed by atoms with van der Waals surface area (Å²) in [6, 6.07) is 6.29. The molecular formula is C21H30F3IN4O. The van der Waals surface area contributed by atoms with Crippen LogP contribution in [0, 0.1) is 0 Å². The largest absolute Gasteiger partial charge is 0.416 e. The fourth-order valence-electron chi connectivity index (χ4n) is 4.50. The lowest BCUT2D eigenvalue weighted by molar-refractivity contribution is -0.137. The van der Waals surface area contributed by atoms with Gasteiger partial charge in [-0.1, -0.05) is 18.2 Å². The zero-order valence-electron chi connectivity index (χ0n) is 17.2. The first-order valence-electron chi connectivity index (χ1n) is 10.4. The van der Waals surface area contributed by atoms with Gasteiger partial charge in [0.15, 0.2) is 5.96 Å². The third kappa shape index (κ3) is 5.21. The molecule has 1 N–H and O–H groups in total. The Kier molecular flexibility index (Phi) is 7.55. The SMILES string of the molecule is CN=C(NCC1(c2cccc(C(F)(F)F)c2)CC1)N1CCC(N2CCOCC2)C1.I. The molecule has 2 heterocycles. The van der Waals surface area contributed by atoms with Gasteiger partial charge in [0.2, 0.25) is 0 Å². The summed E-state index contributed by atoms with van der Waals surface area (Å²) < 4.78 is 44.7. The predicted molar refractivity (Wildman–Crippen MR) is 122 cm³/mol. The summed E-state index contributed by atoms with van der Waals surface area (Å²) in [6.07, 6.45) is -1.41. The summed E-state index contributed by atoms with van der Waals surface area (Å²) in [5.41, 5.74) is -0.0259. The number of hydrogen-bond donors (Lipinski definition) is 1. The number of hydrogen-bond acceptors (Lipinski definition) is 3. The number of likely N-dealkylation sites (tertiary alicyclic amines) is 1. The molecule has 9 heteroatoms. The van der Waals surface area contributed by atoms with Crippen LogP contribution in [0.3, 0.4) is 0 Å². The highest BCUT2D eigenvalue weighted by atomic mass is 127. The molecule has 0 radical (unpaired) electrons. The molecule has 2 aliphatic heterocycles. The number of nitrogens with one attached hydrogen (secondary N) is 1. The normalized spacial score (nSPS) is 24.5. The summed E-state index contributed by atoms with van der Waals surface area (Å²) >= 11 is 0. The molecule has 4 rings (SSSR count). The van der Waals surface area contributed by atoms with Crippen LogP contribution in [0.5, 0.6) is 0 Å². The van der Waals surface area contributed by atoms with Gasteiger partial charge in [0.05, 0.1) is 18.8 Å². The number of alkyl halides is 3. The van der Waals surface area contributed by atoms with E-state index in [1.807, 2.05) is 6.07 Å². The molecule has 3 aliphatic rings. The molecule has 1 aliphatic carbocycles. The summed E-state index contributed by atoms with van der Waals surface area (Å²) in [6.45, 7) is 6.02. The number of guanidine groups is 1. The van der Waals surface area contributed by atoms with Crippen molar-refractivity contribution in [2.75, 3.05) is 53.0 Å². The van der Waals surface area contributed by atoms with Crippen molar-refractivity contribution in [3.8, 4) is 0 Å². The highest BCUT2D eigenvalue weighted by molar-refractivity contribution is 14.0. The highest BCUT2D eigenvalue weighted by Gasteiger charge is 2.45. The quantitative estimate of drug-likeness (QED) is 0.363. The zero-order valence-corrected chi connectivity index (χ0v) is 19.6. The van der Waals surface area contributed by atoms with Gasteiger partial charge in [0, 0.05) is 51.2 Å². The first-order valence-corrected chi connectivity index (χ1v) is 10.4. The Morgan fingerprint density at radius 2 is 1.97 bits per heavy atom. The van der Waals surface area contributed by atoms with Crippen LogP contribution in [0.15, 0.2) is 29.3 Å². The van der Waals surface area contributed by atoms with Crippen molar-refractivity contribution >= 4 is 29.9 Å². The van der Waals surface area contributed by atoms with Crippen molar-refractivity contribution < 1.29 is 17.9 Å². The third-order valence-corrected chi connectivity index (χ3v) is 6.48. The Bertz CT molecular complexity index is 748. The first kappa shape index (κ1) is 23.6. The van der Waals surface area contributed by atoms with E-state index in [0.29, 0.717) is 12.6 Å². The van der Waals surface area contributed by atoms with Gasteiger partial charge < -0.3 is 15.0 Å². The van der Waals surface area contributed by atoms with E-state index in [1.54, 1.807) is 7.05 Å². The van der Waals surface area contributed by atoms with Crippen LogP contribution in [0.25, 0.3) is 0 Å². The Morgan fingerprint density at radius 3 is 2.60 bits per heavy atom. The second-order valence-corrected chi connectivity index (χ2v) is 8.30. The molecule has 1 aromatic rings. The zero-order chi connectivity index (χ0) is 20.5. The second kappa shape index (κ2) is 9.60. The van der Waals surface area contributed by atoms with E-state index in [0.717, 1.165) is 76.2 Å². The van der Waals surface area contributed by atoms with E-state index in [1.165, 1.54) is 12.1 Å². The molecule has 5 nitrogen and oxygen atoms in total. The van der Waals surface area contributed by atoms with Gasteiger partial charge in [-0.2, -0.15) is 13.2 Å². The van der Waals surface area contributed by atoms with E-state index in [-0.39, 0.29) is 29.4 Å². The molecule has 0 aromatic heterocycles. The number of halogens is 4.